The van der Waals surface area contributed by atoms with Gasteiger partial charge >= 0.3 is 0 Å². The highest BCUT2D eigenvalue weighted by Crippen LogP contribution is 2.22. The molecule has 2 rings (SSSR count). The van der Waals surface area contributed by atoms with Crippen molar-refractivity contribution in [1.29, 1.82) is 0 Å². The van der Waals surface area contributed by atoms with E-state index in [1.165, 1.54) is 11.3 Å². The lowest BCUT2D eigenvalue weighted by Gasteiger charge is -2.03. The van der Waals surface area contributed by atoms with Gasteiger partial charge in [-0.15, -0.1) is 11.3 Å². The summed E-state index contributed by atoms with van der Waals surface area (Å²) in [6.07, 6.45) is 2.64. The predicted molar refractivity (Wildman–Crippen MR) is 68.0 cm³/mol. The van der Waals surface area contributed by atoms with Crippen LogP contribution in [-0.4, -0.2) is 15.6 Å². The Labute approximate surface area is 106 Å². The lowest BCUT2D eigenvalue weighted by Crippen LogP contribution is -2.10. The molecule has 2 heterocycles. The maximum absolute atomic E-state index is 12.1. The van der Waals surface area contributed by atoms with Gasteiger partial charge in [0, 0.05) is 22.6 Å². The van der Waals surface area contributed by atoms with E-state index in [4.69, 9.17) is 0 Å². The lowest BCUT2D eigenvalue weighted by atomic mass is 10.2. The number of carbonyl (C=O) groups excluding carboxylic acids is 1. The number of thiophene rings is 1. The molecule has 0 saturated heterocycles. The summed E-state index contributed by atoms with van der Waals surface area (Å²) in [4.78, 5) is 12.9. The third-order valence-electron chi connectivity index (χ3n) is 2.18. The van der Waals surface area contributed by atoms with Crippen molar-refractivity contribution in [1.82, 2.24) is 9.78 Å². The number of nitrogens with zero attached hydrogens (tertiary/aromatic N) is 2. The van der Waals surface area contributed by atoms with E-state index in [9.17, 15) is 4.79 Å². The summed E-state index contributed by atoms with van der Waals surface area (Å²) in [7, 11) is 0. The molecule has 0 bridgehead atoms. The van der Waals surface area contributed by atoms with Crippen molar-refractivity contribution in [3.05, 3.63) is 38.8 Å². The average Bonchev–Trinajstić information content (AvgIpc) is 2.87. The number of aromatic nitrogens is 2. The fourth-order valence-electron chi connectivity index (χ4n) is 1.47. The Bertz CT molecular complexity index is 504. The first-order valence-corrected chi connectivity index (χ1v) is 6.70. The van der Waals surface area contributed by atoms with E-state index in [0.717, 1.165) is 22.3 Å². The molecule has 0 spiro atoms. The first-order chi connectivity index (χ1) is 7.72. The molecule has 16 heavy (non-hydrogen) atoms. The van der Waals surface area contributed by atoms with E-state index in [-0.39, 0.29) is 5.78 Å². The Morgan fingerprint density at radius 1 is 1.62 bits per heavy atom. The summed E-state index contributed by atoms with van der Waals surface area (Å²) in [5.41, 5.74) is 0.663. The standard InChI is InChI=1S/C11H11BrN2OS/c1-2-5-14-9(3-4-13-14)11(15)10-6-8(12)7-16-10/h3-4,6-7H,2,5H2,1H3. The molecule has 0 fully saturated rings. The van der Waals surface area contributed by atoms with Crippen molar-refractivity contribution in [3.8, 4) is 0 Å². The number of rotatable bonds is 4. The lowest BCUT2D eigenvalue weighted by molar-refractivity contribution is 0.103. The molecular weight excluding hydrogens is 288 g/mol. The van der Waals surface area contributed by atoms with Crippen LogP contribution in [0.3, 0.4) is 0 Å². The molecule has 2 aromatic rings. The van der Waals surface area contributed by atoms with Gasteiger partial charge in [-0.2, -0.15) is 5.10 Å². The maximum atomic E-state index is 12.1. The van der Waals surface area contributed by atoms with Crippen LogP contribution in [0, 0.1) is 0 Å². The van der Waals surface area contributed by atoms with Gasteiger partial charge in [0.1, 0.15) is 5.69 Å². The van der Waals surface area contributed by atoms with E-state index in [2.05, 4.69) is 28.0 Å². The molecular formula is C11H11BrN2OS. The molecule has 0 radical (unpaired) electrons. The summed E-state index contributed by atoms with van der Waals surface area (Å²) in [5.74, 6) is 0.0432. The number of aryl methyl sites for hydroxylation is 1. The SMILES string of the molecule is CCCn1nccc1C(=O)c1cc(Br)cs1. The van der Waals surface area contributed by atoms with Crippen LogP contribution in [0.1, 0.15) is 28.7 Å². The minimum absolute atomic E-state index is 0.0432. The number of carbonyl (C=O) groups is 1. The fourth-order valence-corrected chi connectivity index (χ4v) is 2.85. The molecule has 0 atom stereocenters. The van der Waals surface area contributed by atoms with E-state index in [1.807, 2.05) is 11.4 Å². The average molecular weight is 299 g/mol. The normalized spacial score (nSPS) is 10.6. The molecule has 2 aromatic heterocycles. The second-order valence-corrected chi connectivity index (χ2v) is 5.22. The molecule has 84 valence electrons. The van der Waals surface area contributed by atoms with Gasteiger partial charge in [0.15, 0.2) is 0 Å². The zero-order chi connectivity index (χ0) is 11.5. The van der Waals surface area contributed by atoms with E-state index in [1.54, 1.807) is 16.9 Å². The Morgan fingerprint density at radius 2 is 2.44 bits per heavy atom. The number of ketones is 1. The van der Waals surface area contributed by atoms with E-state index in [0.29, 0.717) is 5.69 Å². The van der Waals surface area contributed by atoms with Crippen LogP contribution in [0.5, 0.6) is 0 Å². The van der Waals surface area contributed by atoms with Crippen LogP contribution < -0.4 is 0 Å². The minimum atomic E-state index is 0.0432. The highest BCUT2D eigenvalue weighted by molar-refractivity contribution is 9.10. The van der Waals surface area contributed by atoms with Crippen LogP contribution in [0.15, 0.2) is 28.2 Å². The highest BCUT2D eigenvalue weighted by Gasteiger charge is 2.15. The largest absolute Gasteiger partial charge is 0.286 e. The summed E-state index contributed by atoms with van der Waals surface area (Å²) < 4.78 is 2.71. The molecule has 5 heteroatoms. The van der Waals surface area contributed by atoms with Crippen LogP contribution >= 0.6 is 27.3 Å². The van der Waals surface area contributed by atoms with Crippen LogP contribution in [0.2, 0.25) is 0 Å². The Balaban J connectivity index is 2.30. The molecule has 3 nitrogen and oxygen atoms in total. The summed E-state index contributed by atoms with van der Waals surface area (Å²) >= 11 is 4.79. The second kappa shape index (κ2) is 4.93. The minimum Gasteiger partial charge on any atom is -0.286 e. The van der Waals surface area contributed by atoms with Crippen LogP contribution in [-0.2, 0) is 6.54 Å². The Kier molecular flexibility index (Phi) is 3.56. The van der Waals surface area contributed by atoms with Crippen LogP contribution in [0.25, 0.3) is 0 Å². The Morgan fingerprint density at radius 3 is 3.06 bits per heavy atom. The smallest absolute Gasteiger partial charge is 0.220 e. The first kappa shape index (κ1) is 11.5. The monoisotopic (exact) mass is 298 g/mol. The molecule has 0 amide bonds. The summed E-state index contributed by atoms with van der Waals surface area (Å²) in [5, 5.41) is 6.06. The summed E-state index contributed by atoms with van der Waals surface area (Å²) in [6.45, 7) is 2.85. The van der Waals surface area contributed by atoms with Gasteiger partial charge in [-0.05, 0) is 34.5 Å². The van der Waals surface area contributed by atoms with Crippen molar-refractivity contribution in [2.45, 2.75) is 19.9 Å². The van der Waals surface area contributed by atoms with Gasteiger partial charge < -0.3 is 0 Å². The highest BCUT2D eigenvalue weighted by atomic mass is 79.9. The van der Waals surface area contributed by atoms with Gasteiger partial charge in [0.05, 0.1) is 4.88 Å². The van der Waals surface area contributed by atoms with Gasteiger partial charge in [-0.3, -0.25) is 9.48 Å². The van der Waals surface area contributed by atoms with Crippen molar-refractivity contribution in [2.75, 3.05) is 0 Å². The number of hydrogen-bond donors (Lipinski definition) is 0. The number of hydrogen-bond acceptors (Lipinski definition) is 3. The van der Waals surface area contributed by atoms with E-state index >= 15 is 0 Å². The second-order valence-electron chi connectivity index (χ2n) is 3.40. The zero-order valence-corrected chi connectivity index (χ0v) is 11.2. The first-order valence-electron chi connectivity index (χ1n) is 5.03. The van der Waals surface area contributed by atoms with Gasteiger partial charge in [-0.1, -0.05) is 6.92 Å². The molecule has 0 unspecified atom stereocenters. The van der Waals surface area contributed by atoms with Gasteiger partial charge in [0.25, 0.3) is 0 Å². The fraction of sp³-hybridized carbons (Fsp3) is 0.273. The molecule has 0 aliphatic heterocycles. The molecule has 0 aromatic carbocycles. The topological polar surface area (TPSA) is 34.9 Å². The van der Waals surface area contributed by atoms with Crippen molar-refractivity contribution in [3.63, 3.8) is 0 Å². The zero-order valence-electron chi connectivity index (χ0n) is 8.81. The molecule has 0 aliphatic rings. The quantitative estimate of drug-likeness (QED) is 0.812. The molecule has 0 saturated carbocycles. The third kappa shape index (κ3) is 2.25. The number of halogens is 1. The van der Waals surface area contributed by atoms with Gasteiger partial charge in [0.2, 0.25) is 5.78 Å². The maximum Gasteiger partial charge on any atom is 0.220 e. The summed E-state index contributed by atoms with van der Waals surface area (Å²) in [6, 6.07) is 3.61. The van der Waals surface area contributed by atoms with Crippen molar-refractivity contribution in [2.24, 2.45) is 0 Å². The van der Waals surface area contributed by atoms with Crippen molar-refractivity contribution >= 4 is 33.0 Å². The Hall–Kier alpha value is -0.940. The molecule has 0 aliphatic carbocycles. The predicted octanol–water partition coefficient (Wildman–Crippen LogP) is 3.35. The van der Waals surface area contributed by atoms with Gasteiger partial charge in [-0.25, -0.2) is 0 Å². The van der Waals surface area contributed by atoms with Crippen LogP contribution in [0.4, 0.5) is 0 Å². The molecule has 0 N–H and O–H groups in total. The van der Waals surface area contributed by atoms with E-state index < -0.39 is 0 Å². The third-order valence-corrected chi connectivity index (χ3v) is 3.87. The van der Waals surface area contributed by atoms with Crippen molar-refractivity contribution < 1.29 is 4.79 Å².